The number of hydrogen-bond donors (Lipinski definition) is 1. The molecule has 0 aromatic carbocycles. The number of aromatic nitrogens is 2. The van der Waals surface area contributed by atoms with Crippen LogP contribution in [0.1, 0.15) is 25.1 Å². The van der Waals surface area contributed by atoms with Gasteiger partial charge in [-0.1, -0.05) is 12.1 Å². The number of rotatable bonds is 5. The lowest BCUT2D eigenvalue weighted by Crippen LogP contribution is -2.49. The molecule has 2 heterocycles. The molecule has 0 radical (unpaired) electrons. The van der Waals surface area contributed by atoms with Gasteiger partial charge in [-0.2, -0.15) is 4.98 Å². The first-order chi connectivity index (χ1) is 7.69. The summed E-state index contributed by atoms with van der Waals surface area (Å²) in [5.74, 6) is 0.339. The second kappa shape index (κ2) is 4.61. The highest BCUT2D eigenvalue weighted by Gasteiger charge is 2.33. The minimum absolute atomic E-state index is 0.238. The molecule has 0 amide bonds. The molecule has 1 aliphatic heterocycles. The molecule has 1 fully saturated rings. The summed E-state index contributed by atoms with van der Waals surface area (Å²) in [7, 11) is 0. The van der Waals surface area contributed by atoms with Crippen LogP contribution in [0.3, 0.4) is 0 Å². The number of aryl methyl sites for hydroxylation is 1. The van der Waals surface area contributed by atoms with Crippen molar-refractivity contribution in [3.05, 3.63) is 11.7 Å². The van der Waals surface area contributed by atoms with Crippen LogP contribution in [0.2, 0.25) is 0 Å². The van der Waals surface area contributed by atoms with Gasteiger partial charge in [-0.3, -0.25) is 9.69 Å². The van der Waals surface area contributed by atoms with Gasteiger partial charge in [0.15, 0.2) is 5.82 Å². The SMILES string of the molecule is CCCc1noc(CN2CC(C(=O)O)C2)n1. The second-order valence-corrected chi connectivity index (χ2v) is 4.08. The first-order valence-electron chi connectivity index (χ1n) is 5.45. The summed E-state index contributed by atoms with van der Waals surface area (Å²) < 4.78 is 5.07. The third kappa shape index (κ3) is 2.38. The Morgan fingerprint density at radius 3 is 3.00 bits per heavy atom. The molecule has 1 aromatic rings. The highest BCUT2D eigenvalue weighted by Crippen LogP contribution is 2.17. The zero-order valence-corrected chi connectivity index (χ0v) is 9.22. The lowest BCUT2D eigenvalue weighted by Gasteiger charge is -2.35. The van der Waals surface area contributed by atoms with Gasteiger partial charge in [0.05, 0.1) is 12.5 Å². The molecule has 1 aliphatic rings. The van der Waals surface area contributed by atoms with E-state index in [1.165, 1.54) is 0 Å². The number of hydrogen-bond acceptors (Lipinski definition) is 5. The monoisotopic (exact) mass is 225 g/mol. The van der Waals surface area contributed by atoms with E-state index in [1.54, 1.807) is 0 Å². The van der Waals surface area contributed by atoms with Gasteiger partial charge in [0.2, 0.25) is 5.89 Å². The van der Waals surface area contributed by atoms with Crippen LogP contribution in [0, 0.1) is 5.92 Å². The van der Waals surface area contributed by atoms with E-state index in [4.69, 9.17) is 9.63 Å². The van der Waals surface area contributed by atoms with Crippen LogP contribution < -0.4 is 0 Å². The maximum Gasteiger partial charge on any atom is 0.309 e. The topological polar surface area (TPSA) is 79.5 Å². The van der Waals surface area contributed by atoms with Gasteiger partial charge in [0, 0.05) is 19.5 Å². The van der Waals surface area contributed by atoms with Crippen molar-refractivity contribution in [2.24, 2.45) is 5.92 Å². The molecule has 1 N–H and O–H groups in total. The molecule has 16 heavy (non-hydrogen) atoms. The van der Waals surface area contributed by atoms with Crippen LogP contribution in [0.5, 0.6) is 0 Å². The van der Waals surface area contributed by atoms with Crippen LogP contribution in [-0.4, -0.2) is 39.2 Å². The van der Waals surface area contributed by atoms with E-state index in [1.807, 2.05) is 4.90 Å². The van der Waals surface area contributed by atoms with Crippen molar-refractivity contribution in [2.75, 3.05) is 13.1 Å². The van der Waals surface area contributed by atoms with Crippen molar-refractivity contribution in [3.63, 3.8) is 0 Å². The number of nitrogens with zero attached hydrogens (tertiary/aromatic N) is 3. The Balaban J connectivity index is 1.80. The summed E-state index contributed by atoms with van der Waals surface area (Å²) >= 11 is 0. The van der Waals surface area contributed by atoms with Gasteiger partial charge < -0.3 is 9.63 Å². The maximum absolute atomic E-state index is 10.6. The van der Waals surface area contributed by atoms with Crippen molar-refractivity contribution in [2.45, 2.75) is 26.3 Å². The number of aliphatic carboxylic acids is 1. The fourth-order valence-electron chi connectivity index (χ4n) is 1.73. The molecule has 6 nitrogen and oxygen atoms in total. The average Bonchev–Trinajstić information content (AvgIpc) is 2.58. The number of carbonyl (C=O) groups is 1. The van der Waals surface area contributed by atoms with E-state index in [-0.39, 0.29) is 5.92 Å². The van der Waals surface area contributed by atoms with Gasteiger partial charge in [-0.15, -0.1) is 0 Å². The Kier molecular flexibility index (Phi) is 3.19. The van der Waals surface area contributed by atoms with Crippen molar-refractivity contribution in [1.82, 2.24) is 15.0 Å². The summed E-state index contributed by atoms with van der Waals surface area (Å²) in [6.07, 6.45) is 1.81. The summed E-state index contributed by atoms with van der Waals surface area (Å²) in [5.41, 5.74) is 0. The Labute approximate surface area is 93.2 Å². The number of carboxylic acid groups (broad SMARTS) is 1. The summed E-state index contributed by atoms with van der Waals surface area (Å²) in [6, 6.07) is 0. The minimum Gasteiger partial charge on any atom is -0.481 e. The lowest BCUT2D eigenvalue weighted by atomic mass is 10.0. The number of likely N-dealkylation sites (tertiary alicyclic amines) is 1. The first kappa shape index (κ1) is 11.1. The van der Waals surface area contributed by atoms with Gasteiger partial charge in [0.1, 0.15) is 0 Å². The summed E-state index contributed by atoms with van der Waals surface area (Å²) in [5, 5.41) is 12.6. The Hall–Kier alpha value is -1.43. The zero-order chi connectivity index (χ0) is 11.5. The van der Waals surface area contributed by atoms with E-state index in [2.05, 4.69) is 17.1 Å². The van der Waals surface area contributed by atoms with E-state index in [0.717, 1.165) is 18.7 Å². The second-order valence-electron chi connectivity index (χ2n) is 4.08. The molecule has 0 unspecified atom stereocenters. The van der Waals surface area contributed by atoms with Gasteiger partial charge in [-0.25, -0.2) is 0 Å². The van der Waals surface area contributed by atoms with Crippen molar-refractivity contribution in [3.8, 4) is 0 Å². The number of carboxylic acids is 1. The Morgan fingerprint density at radius 2 is 2.38 bits per heavy atom. The van der Waals surface area contributed by atoms with Crippen LogP contribution in [0.15, 0.2) is 4.52 Å². The van der Waals surface area contributed by atoms with Gasteiger partial charge in [-0.05, 0) is 6.42 Å². The molecule has 0 spiro atoms. The third-order valence-corrected chi connectivity index (χ3v) is 2.65. The summed E-state index contributed by atoms with van der Waals surface area (Å²) in [6.45, 7) is 3.76. The first-order valence-corrected chi connectivity index (χ1v) is 5.45. The molecule has 6 heteroatoms. The molecule has 1 aromatic heterocycles. The van der Waals surface area contributed by atoms with Gasteiger partial charge in [0.25, 0.3) is 0 Å². The highest BCUT2D eigenvalue weighted by atomic mass is 16.5. The fourth-order valence-corrected chi connectivity index (χ4v) is 1.73. The molecular formula is C10H15N3O3. The molecular weight excluding hydrogens is 210 g/mol. The Bertz CT molecular complexity index is 371. The molecule has 0 aliphatic carbocycles. The third-order valence-electron chi connectivity index (χ3n) is 2.65. The molecule has 88 valence electrons. The molecule has 0 atom stereocenters. The normalized spacial score (nSPS) is 17.3. The largest absolute Gasteiger partial charge is 0.481 e. The minimum atomic E-state index is -0.728. The van der Waals surface area contributed by atoms with E-state index >= 15 is 0 Å². The quantitative estimate of drug-likeness (QED) is 0.787. The van der Waals surface area contributed by atoms with Crippen LogP contribution in [-0.2, 0) is 17.8 Å². The average molecular weight is 225 g/mol. The predicted molar refractivity (Wildman–Crippen MR) is 54.7 cm³/mol. The maximum atomic E-state index is 10.6. The van der Waals surface area contributed by atoms with E-state index in [9.17, 15) is 4.79 Å². The standard InChI is InChI=1S/C10H15N3O3/c1-2-3-8-11-9(16-12-8)6-13-4-7(5-13)10(14)15/h7H,2-6H2,1H3,(H,14,15). The molecule has 2 rings (SSSR count). The zero-order valence-electron chi connectivity index (χ0n) is 9.22. The van der Waals surface area contributed by atoms with Crippen LogP contribution >= 0.6 is 0 Å². The van der Waals surface area contributed by atoms with Gasteiger partial charge >= 0.3 is 5.97 Å². The molecule has 0 saturated carbocycles. The van der Waals surface area contributed by atoms with Crippen molar-refractivity contribution < 1.29 is 14.4 Å². The van der Waals surface area contributed by atoms with Crippen molar-refractivity contribution in [1.29, 1.82) is 0 Å². The summed E-state index contributed by atoms with van der Waals surface area (Å²) in [4.78, 5) is 16.8. The molecule has 0 bridgehead atoms. The molecule has 1 saturated heterocycles. The Morgan fingerprint density at radius 1 is 1.62 bits per heavy atom. The van der Waals surface area contributed by atoms with Crippen LogP contribution in [0.4, 0.5) is 0 Å². The van der Waals surface area contributed by atoms with E-state index < -0.39 is 5.97 Å². The predicted octanol–water partition coefficient (Wildman–Crippen LogP) is 0.539. The fraction of sp³-hybridized carbons (Fsp3) is 0.700. The smallest absolute Gasteiger partial charge is 0.309 e. The van der Waals surface area contributed by atoms with Crippen LogP contribution in [0.25, 0.3) is 0 Å². The lowest BCUT2D eigenvalue weighted by molar-refractivity contribution is -0.147. The van der Waals surface area contributed by atoms with Crippen molar-refractivity contribution >= 4 is 5.97 Å². The van der Waals surface area contributed by atoms with E-state index in [0.29, 0.717) is 25.5 Å². The highest BCUT2D eigenvalue weighted by molar-refractivity contribution is 5.71.